The van der Waals surface area contributed by atoms with Gasteiger partial charge < -0.3 is 15.5 Å². The van der Waals surface area contributed by atoms with Gasteiger partial charge in [-0.1, -0.05) is 18.2 Å². The number of nitrogens with zero attached hydrogens (tertiary/aromatic N) is 2. The Morgan fingerprint density at radius 2 is 1.78 bits per heavy atom. The molecule has 1 aromatic carbocycles. The number of anilines is 1. The molecule has 1 saturated heterocycles. The number of rotatable bonds is 3. The maximum absolute atomic E-state index is 12.0. The van der Waals surface area contributed by atoms with Crippen molar-refractivity contribution in [1.82, 2.24) is 10.2 Å². The molecule has 1 aliphatic rings. The number of benzene rings is 1. The molecule has 1 amide bonds. The van der Waals surface area contributed by atoms with Crippen molar-refractivity contribution >= 4 is 17.6 Å². The molecule has 2 N–H and O–H groups in total. The number of para-hydroxylation sites is 1. The third-order valence-electron chi connectivity index (χ3n) is 3.57. The van der Waals surface area contributed by atoms with Crippen LogP contribution in [0.5, 0.6) is 0 Å². The van der Waals surface area contributed by atoms with Crippen LogP contribution in [0.1, 0.15) is 40.0 Å². The highest BCUT2D eigenvalue weighted by molar-refractivity contribution is 5.95. The van der Waals surface area contributed by atoms with Gasteiger partial charge in [0.1, 0.15) is 6.54 Å². The fraction of sp³-hybridized carbons (Fsp3) is 0.556. The van der Waals surface area contributed by atoms with Crippen LogP contribution in [0.2, 0.25) is 0 Å². The first kappa shape index (κ1) is 17.3. The average molecular weight is 316 g/mol. The monoisotopic (exact) mass is 316 g/mol. The molecular formula is C18H28N4O. The van der Waals surface area contributed by atoms with Gasteiger partial charge in [0, 0.05) is 24.3 Å². The Morgan fingerprint density at radius 3 is 2.39 bits per heavy atom. The number of guanidine groups is 1. The van der Waals surface area contributed by atoms with Crippen LogP contribution in [0.15, 0.2) is 35.3 Å². The van der Waals surface area contributed by atoms with Crippen molar-refractivity contribution in [3.05, 3.63) is 30.3 Å². The Kier molecular flexibility index (Phi) is 6.02. The van der Waals surface area contributed by atoms with Gasteiger partial charge in [-0.05, 0) is 52.2 Å². The number of likely N-dealkylation sites (tertiary alicyclic amines) is 1. The topological polar surface area (TPSA) is 56.7 Å². The fourth-order valence-corrected chi connectivity index (χ4v) is 2.58. The van der Waals surface area contributed by atoms with Gasteiger partial charge in [-0.3, -0.25) is 4.79 Å². The molecule has 23 heavy (non-hydrogen) atoms. The lowest BCUT2D eigenvalue weighted by atomic mass is 10.1. The zero-order valence-electron chi connectivity index (χ0n) is 14.4. The summed E-state index contributed by atoms with van der Waals surface area (Å²) < 4.78 is 0. The maximum atomic E-state index is 12.0. The van der Waals surface area contributed by atoms with E-state index in [4.69, 9.17) is 0 Å². The van der Waals surface area contributed by atoms with Crippen molar-refractivity contribution in [3.63, 3.8) is 0 Å². The van der Waals surface area contributed by atoms with Crippen LogP contribution in [0.25, 0.3) is 0 Å². The van der Waals surface area contributed by atoms with Crippen molar-refractivity contribution < 1.29 is 4.79 Å². The molecule has 0 bridgehead atoms. The van der Waals surface area contributed by atoms with Crippen molar-refractivity contribution in [2.75, 3.05) is 25.0 Å². The van der Waals surface area contributed by atoms with E-state index in [1.54, 1.807) is 0 Å². The highest BCUT2D eigenvalue weighted by atomic mass is 16.2. The van der Waals surface area contributed by atoms with E-state index in [2.05, 4.69) is 20.5 Å². The van der Waals surface area contributed by atoms with Crippen LogP contribution in [-0.2, 0) is 4.79 Å². The molecule has 0 unspecified atom stereocenters. The largest absolute Gasteiger partial charge is 0.350 e. The van der Waals surface area contributed by atoms with E-state index in [9.17, 15) is 4.79 Å². The summed E-state index contributed by atoms with van der Waals surface area (Å²) in [6, 6.07) is 9.98. The Hall–Kier alpha value is -2.04. The van der Waals surface area contributed by atoms with Crippen LogP contribution in [0, 0.1) is 0 Å². The highest BCUT2D eigenvalue weighted by Gasteiger charge is 2.17. The molecule has 1 fully saturated rings. The van der Waals surface area contributed by atoms with Gasteiger partial charge in [-0.2, -0.15) is 0 Å². The summed E-state index contributed by atoms with van der Waals surface area (Å²) in [5.74, 6) is 0.738. The summed E-state index contributed by atoms with van der Waals surface area (Å²) in [7, 11) is 0. The van der Waals surface area contributed by atoms with E-state index in [1.165, 1.54) is 19.3 Å². The van der Waals surface area contributed by atoms with E-state index in [1.807, 2.05) is 51.1 Å². The van der Waals surface area contributed by atoms with Crippen LogP contribution in [0.4, 0.5) is 5.69 Å². The molecule has 2 rings (SSSR count). The van der Waals surface area contributed by atoms with Gasteiger partial charge in [0.15, 0.2) is 5.96 Å². The summed E-state index contributed by atoms with van der Waals surface area (Å²) >= 11 is 0. The van der Waals surface area contributed by atoms with Crippen molar-refractivity contribution in [2.24, 2.45) is 4.99 Å². The van der Waals surface area contributed by atoms with E-state index >= 15 is 0 Å². The third kappa shape index (κ3) is 6.30. The van der Waals surface area contributed by atoms with Crippen LogP contribution in [-0.4, -0.2) is 41.9 Å². The minimum atomic E-state index is -0.231. The summed E-state index contributed by atoms with van der Waals surface area (Å²) in [5.41, 5.74) is 0.762. The smallest absolute Gasteiger partial charge is 0.242 e. The van der Waals surface area contributed by atoms with Crippen molar-refractivity contribution in [3.8, 4) is 0 Å². The summed E-state index contributed by atoms with van der Waals surface area (Å²) in [4.78, 5) is 18.8. The molecule has 0 atom stereocenters. The average Bonchev–Trinajstić information content (AvgIpc) is 2.51. The summed E-state index contributed by atoms with van der Waals surface area (Å²) in [6.45, 7) is 8.04. The molecule has 1 aliphatic heterocycles. The fourth-order valence-electron chi connectivity index (χ4n) is 2.58. The van der Waals surface area contributed by atoms with Crippen LogP contribution >= 0.6 is 0 Å². The highest BCUT2D eigenvalue weighted by Crippen LogP contribution is 2.12. The van der Waals surface area contributed by atoms with Gasteiger partial charge in [0.2, 0.25) is 5.91 Å². The summed E-state index contributed by atoms with van der Waals surface area (Å²) in [6.07, 6.45) is 3.60. The second-order valence-corrected chi connectivity index (χ2v) is 6.98. The number of carbonyl (C=O) groups is 1. The molecule has 5 heteroatoms. The molecular weight excluding hydrogens is 288 g/mol. The van der Waals surface area contributed by atoms with Gasteiger partial charge in [-0.15, -0.1) is 0 Å². The normalized spacial score (nSPS) is 16.1. The number of nitrogens with one attached hydrogen (secondary N) is 2. The minimum Gasteiger partial charge on any atom is -0.350 e. The number of carbonyl (C=O) groups excluding carboxylic acids is 1. The SMILES string of the molecule is CC(C)(C)NC(=O)CN=C(Nc1ccccc1)N1CCCCC1. The Labute approximate surface area is 139 Å². The van der Waals surface area contributed by atoms with Gasteiger partial charge in [-0.25, -0.2) is 4.99 Å². The zero-order chi connectivity index (χ0) is 16.7. The molecule has 0 saturated carbocycles. The van der Waals surface area contributed by atoms with E-state index in [0.717, 1.165) is 24.7 Å². The molecule has 1 aromatic rings. The first-order valence-corrected chi connectivity index (χ1v) is 8.36. The minimum absolute atomic E-state index is 0.0538. The van der Waals surface area contributed by atoms with E-state index in [0.29, 0.717) is 0 Å². The van der Waals surface area contributed by atoms with Crippen molar-refractivity contribution in [1.29, 1.82) is 0 Å². The lowest BCUT2D eigenvalue weighted by Crippen LogP contribution is -2.43. The Bertz CT molecular complexity index is 528. The predicted molar refractivity (Wildman–Crippen MR) is 95.7 cm³/mol. The number of piperidine rings is 1. The molecule has 0 aromatic heterocycles. The molecule has 0 spiro atoms. The Balaban J connectivity index is 2.06. The van der Waals surface area contributed by atoms with E-state index < -0.39 is 0 Å². The van der Waals surface area contributed by atoms with Crippen LogP contribution in [0.3, 0.4) is 0 Å². The number of amides is 1. The number of hydrogen-bond donors (Lipinski definition) is 2. The first-order valence-electron chi connectivity index (χ1n) is 8.36. The summed E-state index contributed by atoms with van der Waals surface area (Å²) in [5, 5.41) is 6.31. The van der Waals surface area contributed by atoms with Gasteiger partial charge in [0.05, 0.1) is 0 Å². The van der Waals surface area contributed by atoms with Gasteiger partial charge >= 0.3 is 0 Å². The molecule has 5 nitrogen and oxygen atoms in total. The third-order valence-corrected chi connectivity index (χ3v) is 3.57. The zero-order valence-corrected chi connectivity index (χ0v) is 14.4. The lowest BCUT2D eigenvalue weighted by molar-refractivity contribution is -0.121. The van der Waals surface area contributed by atoms with Gasteiger partial charge in [0.25, 0.3) is 0 Å². The quantitative estimate of drug-likeness (QED) is 0.666. The molecule has 126 valence electrons. The second-order valence-electron chi connectivity index (χ2n) is 6.98. The number of aliphatic imine (C=N–C) groups is 1. The lowest BCUT2D eigenvalue weighted by Gasteiger charge is -2.30. The number of hydrogen-bond acceptors (Lipinski definition) is 2. The predicted octanol–water partition coefficient (Wildman–Crippen LogP) is 2.86. The van der Waals surface area contributed by atoms with Crippen LogP contribution < -0.4 is 10.6 Å². The standard InChI is InChI=1S/C18H28N4O/c1-18(2,3)21-16(23)14-19-17(22-12-8-5-9-13-22)20-15-10-6-4-7-11-15/h4,6-7,10-11H,5,8-9,12-14H2,1-3H3,(H,19,20)(H,21,23). The molecule has 1 heterocycles. The molecule has 0 radical (unpaired) electrons. The first-order chi connectivity index (χ1) is 10.9. The van der Waals surface area contributed by atoms with E-state index in [-0.39, 0.29) is 18.0 Å². The Morgan fingerprint density at radius 1 is 1.13 bits per heavy atom. The molecule has 0 aliphatic carbocycles. The van der Waals surface area contributed by atoms with Crippen molar-refractivity contribution in [2.45, 2.75) is 45.6 Å². The maximum Gasteiger partial charge on any atom is 0.242 e. The second kappa shape index (κ2) is 7.99.